The van der Waals surface area contributed by atoms with Gasteiger partial charge in [0.1, 0.15) is 0 Å². The molecular formula is C21H26N2O4S. The molecule has 150 valence electrons. The molecule has 1 amide bonds. The van der Waals surface area contributed by atoms with Crippen molar-refractivity contribution in [3.05, 3.63) is 65.2 Å². The van der Waals surface area contributed by atoms with Gasteiger partial charge < -0.3 is 9.64 Å². The average Bonchev–Trinajstić information content (AvgIpc) is 2.66. The van der Waals surface area contributed by atoms with Crippen molar-refractivity contribution in [3.63, 3.8) is 0 Å². The molecule has 0 unspecified atom stereocenters. The van der Waals surface area contributed by atoms with E-state index < -0.39 is 10.0 Å². The van der Waals surface area contributed by atoms with Gasteiger partial charge in [-0.15, -0.1) is 0 Å². The summed E-state index contributed by atoms with van der Waals surface area (Å²) < 4.78 is 33.7. The zero-order chi connectivity index (χ0) is 20.3. The van der Waals surface area contributed by atoms with Crippen molar-refractivity contribution in [3.8, 4) is 0 Å². The minimum absolute atomic E-state index is 0.0486. The van der Waals surface area contributed by atoms with E-state index in [1.54, 1.807) is 11.0 Å². The summed E-state index contributed by atoms with van der Waals surface area (Å²) in [5, 5.41) is 0. The Hall–Kier alpha value is -2.22. The molecule has 2 aromatic rings. The summed E-state index contributed by atoms with van der Waals surface area (Å²) in [6, 6.07) is 14.0. The van der Waals surface area contributed by atoms with E-state index in [1.807, 2.05) is 51.1 Å². The van der Waals surface area contributed by atoms with Crippen LogP contribution in [0.3, 0.4) is 0 Å². The fourth-order valence-electron chi connectivity index (χ4n) is 3.37. The number of hydrogen-bond donors (Lipinski definition) is 1. The van der Waals surface area contributed by atoms with Crippen LogP contribution < -0.4 is 4.72 Å². The molecule has 1 aliphatic heterocycles. The minimum Gasteiger partial charge on any atom is -0.372 e. The van der Waals surface area contributed by atoms with E-state index in [-0.39, 0.29) is 29.6 Å². The number of amides is 1. The van der Waals surface area contributed by atoms with Gasteiger partial charge >= 0.3 is 0 Å². The van der Waals surface area contributed by atoms with Gasteiger partial charge in [-0.2, -0.15) is 0 Å². The van der Waals surface area contributed by atoms with Crippen LogP contribution in [0.4, 0.5) is 0 Å². The Morgan fingerprint density at radius 3 is 2.39 bits per heavy atom. The molecule has 7 heteroatoms. The highest BCUT2D eigenvalue weighted by molar-refractivity contribution is 7.89. The quantitative estimate of drug-likeness (QED) is 0.834. The van der Waals surface area contributed by atoms with Crippen molar-refractivity contribution in [2.24, 2.45) is 0 Å². The van der Waals surface area contributed by atoms with E-state index in [2.05, 4.69) is 4.72 Å². The predicted octanol–water partition coefficient (Wildman–Crippen LogP) is 2.72. The van der Waals surface area contributed by atoms with Crippen LogP contribution in [-0.2, 0) is 21.3 Å². The molecule has 6 nitrogen and oxygen atoms in total. The second-order valence-corrected chi connectivity index (χ2v) is 9.02. The van der Waals surface area contributed by atoms with Crippen LogP contribution in [-0.4, -0.2) is 44.5 Å². The molecule has 0 aromatic heterocycles. The Labute approximate surface area is 166 Å². The molecule has 28 heavy (non-hydrogen) atoms. The summed E-state index contributed by atoms with van der Waals surface area (Å²) in [6.45, 7) is 6.85. The standard InChI is InChI=1S/C21H26N2O4S/c1-15-9-10-19(28(25,26)22-12-18-7-5-4-6-8-18)11-20(15)21(24)23-13-16(2)27-17(3)14-23/h4-11,16-17,22H,12-14H2,1-3H3/t16-,17-/m0/s1. The zero-order valence-electron chi connectivity index (χ0n) is 16.4. The zero-order valence-corrected chi connectivity index (χ0v) is 17.2. The van der Waals surface area contributed by atoms with Gasteiger partial charge in [0, 0.05) is 25.2 Å². The number of morpholine rings is 1. The van der Waals surface area contributed by atoms with Crippen molar-refractivity contribution in [2.45, 2.75) is 44.4 Å². The number of nitrogens with one attached hydrogen (secondary N) is 1. The molecule has 1 N–H and O–H groups in total. The second-order valence-electron chi connectivity index (χ2n) is 7.25. The molecule has 2 aromatic carbocycles. The second kappa shape index (κ2) is 8.43. The normalized spacial score (nSPS) is 20.2. The molecule has 0 aliphatic carbocycles. The maximum absolute atomic E-state index is 13.0. The molecular weight excluding hydrogens is 376 g/mol. The number of carbonyl (C=O) groups is 1. The third-order valence-electron chi connectivity index (χ3n) is 4.77. The van der Waals surface area contributed by atoms with Crippen molar-refractivity contribution >= 4 is 15.9 Å². The number of sulfonamides is 1. The summed E-state index contributed by atoms with van der Waals surface area (Å²) in [4.78, 5) is 14.8. The summed E-state index contributed by atoms with van der Waals surface area (Å²) in [5.74, 6) is -0.167. The van der Waals surface area contributed by atoms with Gasteiger partial charge in [-0.05, 0) is 44.0 Å². The maximum atomic E-state index is 13.0. The molecule has 0 saturated carbocycles. The van der Waals surface area contributed by atoms with Crippen LogP contribution in [0.1, 0.15) is 35.3 Å². The number of benzene rings is 2. The van der Waals surface area contributed by atoms with E-state index in [0.29, 0.717) is 18.7 Å². The number of hydrogen-bond acceptors (Lipinski definition) is 4. The van der Waals surface area contributed by atoms with E-state index in [4.69, 9.17) is 4.74 Å². The van der Waals surface area contributed by atoms with E-state index >= 15 is 0 Å². The minimum atomic E-state index is -3.73. The highest BCUT2D eigenvalue weighted by Crippen LogP contribution is 2.20. The van der Waals surface area contributed by atoms with Crippen molar-refractivity contribution in [1.29, 1.82) is 0 Å². The van der Waals surface area contributed by atoms with Crippen molar-refractivity contribution in [2.75, 3.05) is 13.1 Å². The lowest BCUT2D eigenvalue weighted by atomic mass is 10.1. The van der Waals surface area contributed by atoms with Crippen molar-refractivity contribution in [1.82, 2.24) is 9.62 Å². The van der Waals surface area contributed by atoms with Crippen LogP contribution >= 0.6 is 0 Å². The first-order valence-electron chi connectivity index (χ1n) is 9.35. The SMILES string of the molecule is Cc1ccc(S(=O)(=O)NCc2ccccc2)cc1C(=O)N1C[C@H](C)O[C@@H](C)C1. The van der Waals surface area contributed by atoms with Crippen LogP contribution in [0.2, 0.25) is 0 Å². The Balaban J connectivity index is 1.81. The lowest BCUT2D eigenvalue weighted by molar-refractivity contribution is -0.0586. The monoisotopic (exact) mass is 402 g/mol. The fourth-order valence-corrected chi connectivity index (χ4v) is 4.41. The first-order chi connectivity index (χ1) is 13.3. The highest BCUT2D eigenvalue weighted by atomic mass is 32.2. The summed E-state index contributed by atoms with van der Waals surface area (Å²) in [6.07, 6.45) is -0.0973. The Morgan fingerprint density at radius 1 is 1.11 bits per heavy atom. The van der Waals surface area contributed by atoms with Crippen molar-refractivity contribution < 1.29 is 17.9 Å². The number of rotatable bonds is 5. The topological polar surface area (TPSA) is 75.7 Å². The number of nitrogens with zero attached hydrogens (tertiary/aromatic N) is 1. The van der Waals surface area contributed by atoms with Crippen LogP contribution in [0, 0.1) is 6.92 Å². The largest absolute Gasteiger partial charge is 0.372 e. The molecule has 0 radical (unpaired) electrons. The van der Waals surface area contributed by atoms with E-state index in [0.717, 1.165) is 11.1 Å². The molecule has 1 saturated heterocycles. The first-order valence-corrected chi connectivity index (χ1v) is 10.8. The average molecular weight is 403 g/mol. The molecule has 1 heterocycles. The van der Waals surface area contributed by atoms with Crippen LogP contribution in [0.5, 0.6) is 0 Å². The highest BCUT2D eigenvalue weighted by Gasteiger charge is 2.28. The van der Waals surface area contributed by atoms with Gasteiger partial charge in [0.25, 0.3) is 5.91 Å². The Bertz CT molecular complexity index is 934. The van der Waals surface area contributed by atoms with Crippen LogP contribution in [0.15, 0.2) is 53.4 Å². The summed E-state index contributed by atoms with van der Waals surface area (Å²) in [7, 11) is -3.73. The Morgan fingerprint density at radius 2 is 1.75 bits per heavy atom. The van der Waals surface area contributed by atoms with Gasteiger partial charge in [0.15, 0.2) is 0 Å². The van der Waals surface area contributed by atoms with Gasteiger partial charge in [-0.3, -0.25) is 4.79 Å². The predicted molar refractivity (Wildman–Crippen MR) is 108 cm³/mol. The summed E-state index contributed by atoms with van der Waals surface area (Å²) in [5.41, 5.74) is 2.02. The fraction of sp³-hybridized carbons (Fsp3) is 0.381. The lowest BCUT2D eigenvalue weighted by Gasteiger charge is -2.35. The summed E-state index contributed by atoms with van der Waals surface area (Å²) >= 11 is 0. The van der Waals surface area contributed by atoms with Gasteiger partial charge in [0.2, 0.25) is 10.0 Å². The number of carbonyl (C=O) groups excluding carboxylic acids is 1. The van der Waals surface area contributed by atoms with Gasteiger partial charge in [-0.25, -0.2) is 13.1 Å². The molecule has 0 bridgehead atoms. The third kappa shape index (κ3) is 4.79. The molecule has 1 fully saturated rings. The maximum Gasteiger partial charge on any atom is 0.254 e. The first kappa shape index (κ1) is 20.5. The number of aryl methyl sites for hydroxylation is 1. The van der Waals surface area contributed by atoms with Crippen LogP contribution in [0.25, 0.3) is 0 Å². The van der Waals surface area contributed by atoms with Gasteiger partial charge in [0.05, 0.1) is 17.1 Å². The smallest absolute Gasteiger partial charge is 0.254 e. The molecule has 3 rings (SSSR count). The molecule has 1 aliphatic rings. The Kier molecular flexibility index (Phi) is 6.17. The molecule has 2 atom stereocenters. The number of ether oxygens (including phenoxy) is 1. The van der Waals surface area contributed by atoms with Gasteiger partial charge in [-0.1, -0.05) is 36.4 Å². The van der Waals surface area contributed by atoms with E-state index in [1.165, 1.54) is 12.1 Å². The molecule has 0 spiro atoms. The lowest BCUT2D eigenvalue weighted by Crippen LogP contribution is -2.48. The third-order valence-corrected chi connectivity index (χ3v) is 6.16. The van der Waals surface area contributed by atoms with E-state index in [9.17, 15) is 13.2 Å².